The zero-order valence-corrected chi connectivity index (χ0v) is 21.2. The quantitative estimate of drug-likeness (QED) is 0.419. The Morgan fingerprint density at radius 1 is 1.06 bits per heavy atom. The molecule has 8 nitrogen and oxygen atoms in total. The average molecular weight is 508 g/mol. The lowest BCUT2D eigenvalue weighted by Gasteiger charge is -2.29. The number of rotatable bonds is 10. The van der Waals surface area contributed by atoms with Crippen molar-refractivity contribution in [3.8, 4) is 5.75 Å². The molecule has 3 aromatic rings. The second-order valence-corrected chi connectivity index (χ2v) is 11.2. The first-order valence-electron chi connectivity index (χ1n) is 12.2. The van der Waals surface area contributed by atoms with Crippen molar-refractivity contribution in [2.24, 2.45) is 0 Å². The third kappa shape index (κ3) is 5.28. The van der Waals surface area contributed by atoms with Gasteiger partial charge in [0.15, 0.2) is 5.69 Å². The van der Waals surface area contributed by atoms with Crippen LogP contribution in [-0.4, -0.2) is 51.1 Å². The average Bonchev–Trinajstić information content (AvgIpc) is 3.69. The molecule has 1 N–H and O–H groups in total. The number of ether oxygens (including phenoxy) is 1. The highest BCUT2D eigenvalue weighted by molar-refractivity contribution is 7.88. The molecule has 1 aliphatic heterocycles. The van der Waals surface area contributed by atoms with Gasteiger partial charge in [0.25, 0.3) is 10.0 Å². The molecule has 1 unspecified atom stereocenters. The minimum atomic E-state index is -3.85. The molecule has 2 aliphatic rings. The lowest BCUT2D eigenvalue weighted by Crippen LogP contribution is -2.63. The summed E-state index contributed by atoms with van der Waals surface area (Å²) in [7, 11) is -2.22. The molecule has 0 spiro atoms. The number of sulfonamides is 1. The molecule has 0 radical (unpaired) electrons. The van der Waals surface area contributed by atoms with E-state index in [-0.39, 0.29) is 11.8 Å². The van der Waals surface area contributed by atoms with Crippen molar-refractivity contribution < 1.29 is 17.9 Å². The SMILES string of the molecule is COc1ccc(CCN2CC[N+](NS(=O)(=O)Cc3cccnc3)(c3ccc(C4CC4)cc3)C2=O)cc1. The summed E-state index contributed by atoms with van der Waals surface area (Å²) in [6.07, 6.45) is 6.15. The Labute approximate surface area is 212 Å². The van der Waals surface area contributed by atoms with E-state index in [1.807, 2.05) is 48.5 Å². The fraction of sp³-hybridized carbons (Fsp3) is 0.333. The molecular formula is C27H31N4O4S+. The largest absolute Gasteiger partial charge is 0.497 e. The van der Waals surface area contributed by atoms with Gasteiger partial charge in [0.05, 0.1) is 19.4 Å². The van der Waals surface area contributed by atoms with Crippen molar-refractivity contribution in [1.82, 2.24) is 19.3 Å². The van der Waals surface area contributed by atoms with Crippen LogP contribution in [0.5, 0.6) is 5.75 Å². The van der Waals surface area contributed by atoms with Gasteiger partial charge in [0.1, 0.15) is 12.3 Å². The normalized spacial score (nSPS) is 20.0. The van der Waals surface area contributed by atoms with Crippen LogP contribution in [-0.2, 0) is 22.2 Å². The van der Waals surface area contributed by atoms with Crippen LogP contribution in [0.2, 0.25) is 0 Å². The Kier molecular flexibility index (Phi) is 6.79. The van der Waals surface area contributed by atoms with E-state index in [2.05, 4.69) is 9.82 Å². The van der Waals surface area contributed by atoms with E-state index in [0.717, 1.165) is 11.3 Å². The molecule has 2 amide bonds. The number of hydrogen-bond acceptors (Lipinski definition) is 5. The van der Waals surface area contributed by atoms with Gasteiger partial charge in [-0.1, -0.05) is 30.3 Å². The van der Waals surface area contributed by atoms with Crippen LogP contribution in [0.3, 0.4) is 0 Å². The first kappa shape index (κ1) is 24.4. The highest BCUT2D eigenvalue weighted by atomic mass is 32.2. The van der Waals surface area contributed by atoms with Crippen LogP contribution >= 0.6 is 0 Å². The molecule has 9 heteroatoms. The highest BCUT2D eigenvalue weighted by Gasteiger charge is 2.52. The lowest BCUT2D eigenvalue weighted by atomic mass is 10.1. The summed E-state index contributed by atoms with van der Waals surface area (Å²) < 4.78 is 31.3. The van der Waals surface area contributed by atoms with Gasteiger partial charge >= 0.3 is 6.03 Å². The number of carbonyl (C=O) groups is 1. The molecule has 2 aromatic carbocycles. The molecule has 1 aliphatic carbocycles. The van der Waals surface area contributed by atoms with Crippen LogP contribution in [0.4, 0.5) is 10.5 Å². The Morgan fingerprint density at radius 2 is 1.81 bits per heavy atom. The number of aromatic nitrogens is 1. The number of hydrogen-bond donors (Lipinski definition) is 1. The maximum atomic E-state index is 13.8. The van der Waals surface area contributed by atoms with E-state index in [1.54, 1.807) is 30.3 Å². The van der Waals surface area contributed by atoms with E-state index < -0.39 is 14.6 Å². The molecule has 2 fully saturated rings. The molecule has 1 atom stereocenters. The van der Waals surface area contributed by atoms with Crippen LogP contribution < -0.4 is 14.2 Å². The topological polar surface area (TPSA) is 88.6 Å². The number of methoxy groups -OCH3 is 1. The van der Waals surface area contributed by atoms with E-state index in [9.17, 15) is 13.2 Å². The zero-order chi connectivity index (χ0) is 25.2. The van der Waals surface area contributed by atoms with Gasteiger partial charge in [-0.25, -0.2) is 13.2 Å². The van der Waals surface area contributed by atoms with Gasteiger partial charge in [-0.3, -0.25) is 9.88 Å². The molecule has 36 heavy (non-hydrogen) atoms. The Hall–Kier alpha value is -3.27. The first-order valence-corrected chi connectivity index (χ1v) is 13.9. The zero-order valence-electron chi connectivity index (χ0n) is 20.3. The van der Waals surface area contributed by atoms with Crippen molar-refractivity contribution in [3.05, 3.63) is 89.7 Å². The maximum absolute atomic E-state index is 13.8. The molecule has 1 saturated carbocycles. The number of carbonyl (C=O) groups excluding carboxylic acids is 1. The first-order chi connectivity index (χ1) is 17.4. The van der Waals surface area contributed by atoms with E-state index >= 15 is 0 Å². The van der Waals surface area contributed by atoms with Crippen LogP contribution in [0.25, 0.3) is 0 Å². The standard InChI is InChI=1S/C27H31N4O4S/c1-35-26-12-4-21(5-13-26)14-16-30-17-18-31(27(30)32,25-10-8-24(9-11-25)23-6-7-23)29-36(33,34)20-22-3-2-15-28-19-22/h2-5,8-13,15,19,23,29H,6-7,14,16-18,20H2,1H3/q+1. The maximum Gasteiger partial charge on any atom is 0.444 e. The van der Waals surface area contributed by atoms with Crippen molar-refractivity contribution in [2.45, 2.75) is 30.9 Å². The highest BCUT2D eigenvalue weighted by Crippen LogP contribution is 2.41. The summed E-state index contributed by atoms with van der Waals surface area (Å²) in [5.74, 6) is 1.11. The number of nitrogens with zero attached hydrogens (tertiary/aromatic N) is 3. The summed E-state index contributed by atoms with van der Waals surface area (Å²) in [5, 5.41) is 0. The number of amides is 2. The van der Waals surface area contributed by atoms with Gasteiger partial charge in [0, 0.05) is 31.1 Å². The van der Waals surface area contributed by atoms with Gasteiger partial charge in [-0.05, 0) is 64.9 Å². The fourth-order valence-electron chi connectivity index (χ4n) is 4.73. The number of quaternary nitrogens is 1. The second kappa shape index (κ2) is 10.0. The number of benzene rings is 2. The molecule has 2 heterocycles. The van der Waals surface area contributed by atoms with Gasteiger partial charge in [0.2, 0.25) is 0 Å². The smallest absolute Gasteiger partial charge is 0.444 e. The summed E-state index contributed by atoms with van der Waals surface area (Å²) in [6.45, 7) is 1.26. The van der Waals surface area contributed by atoms with Crippen molar-refractivity contribution in [1.29, 1.82) is 0 Å². The lowest BCUT2D eigenvalue weighted by molar-refractivity contribution is 0.186. The molecule has 1 saturated heterocycles. The summed E-state index contributed by atoms with van der Waals surface area (Å²) in [4.78, 5) is 22.4. The molecule has 1 aromatic heterocycles. The van der Waals surface area contributed by atoms with Crippen molar-refractivity contribution >= 4 is 21.7 Å². The van der Waals surface area contributed by atoms with Crippen molar-refractivity contribution in [3.63, 3.8) is 0 Å². The molecule has 188 valence electrons. The van der Waals surface area contributed by atoms with E-state index in [1.165, 1.54) is 24.6 Å². The fourth-order valence-corrected chi connectivity index (χ4v) is 6.16. The van der Waals surface area contributed by atoms with Crippen LogP contribution in [0.15, 0.2) is 73.1 Å². The summed E-state index contributed by atoms with van der Waals surface area (Å²) >= 11 is 0. The molecule has 5 rings (SSSR count). The molecule has 0 bridgehead atoms. The summed E-state index contributed by atoms with van der Waals surface area (Å²) in [6, 6.07) is 18.7. The monoisotopic (exact) mass is 507 g/mol. The number of pyridine rings is 1. The predicted octanol–water partition coefficient (Wildman–Crippen LogP) is 3.99. The van der Waals surface area contributed by atoms with E-state index in [0.29, 0.717) is 43.2 Å². The van der Waals surface area contributed by atoms with Crippen LogP contribution in [0, 0.1) is 0 Å². The Morgan fingerprint density at radius 3 is 2.44 bits per heavy atom. The summed E-state index contributed by atoms with van der Waals surface area (Å²) in [5.41, 5.74) is 3.51. The molecular weight excluding hydrogens is 476 g/mol. The number of urea groups is 1. The van der Waals surface area contributed by atoms with Crippen molar-refractivity contribution in [2.75, 3.05) is 26.7 Å². The Balaban J connectivity index is 1.39. The minimum absolute atomic E-state index is 0.250. The second-order valence-electron chi connectivity index (χ2n) is 9.48. The third-order valence-electron chi connectivity index (χ3n) is 6.89. The van der Waals surface area contributed by atoms with E-state index in [4.69, 9.17) is 4.74 Å². The number of nitrogens with one attached hydrogen (secondary N) is 1. The third-order valence-corrected chi connectivity index (χ3v) is 8.19. The Bertz CT molecular complexity index is 1310. The minimum Gasteiger partial charge on any atom is -0.497 e. The van der Waals surface area contributed by atoms with Gasteiger partial charge < -0.3 is 4.74 Å². The predicted molar refractivity (Wildman–Crippen MR) is 139 cm³/mol. The van der Waals surface area contributed by atoms with Crippen LogP contribution in [0.1, 0.15) is 35.4 Å². The van der Waals surface area contributed by atoms with Gasteiger partial charge in [-0.2, -0.15) is 0 Å². The van der Waals surface area contributed by atoms with Gasteiger partial charge in [-0.15, -0.1) is 4.59 Å².